The number of nitrogens with one attached hydrogen (secondary N) is 1. The smallest absolute Gasteiger partial charge is 0.459 e. The highest BCUT2D eigenvalue weighted by molar-refractivity contribution is 7.98. The number of anilines is 1. The first-order valence-electron chi connectivity index (χ1n) is 17.3. The van der Waals surface area contributed by atoms with E-state index < -0.39 is 32.1 Å². The van der Waals surface area contributed by atoms with E-state index in [0.29, 0.717) is 41.3 Å². The Morgan fingerprint density at radius 1 is 1.08 bits per heavy atom. The molecule has 1 aliphatic rings. The molecule has 13 nitrogen and oxygen atoms in total. The molecule has 0 amide bonds. The summed E-state index contributed by atoms with van der Waals surface area (Å²) in [4.78, 5) is 26.7. The monoisotopic (exact) mass is 750 g/mol. The van der Waals surface area contributed by atoms with Crippen LogP contribution < -0.4 is 20.1 Å². The van der Waals surface area contributed by atoms with Crippen LogP contribution in [0, 0.1) is 12.8 Å². The van der Waals surface area contributed by atoms with Crippen molar-refractivity contribution in [2.24, 2.45) is 5.92 Å². The highest BCUT2D eigenvalue weighted by atomic mass is 32.2. The van der Waals surface area contributed by atoms with E-state index in [-0.39, 0.29) is 31.0 Å². The molecule has 2 aromatic heterocycles. The van der Waals surface area contributed by atoms with E-state index in [1.807, 2.05) is 105 Å². The lowest BCUT2D eigenvalue weighted by atomic mass is 10.1. The van der Waals surface area contributed by atoms with Gasteiger partial charge in [0.05, 0.1) is 19.8 Å². The van der Waals surface area contributed by atoms with Crippen molar-refractivity contribution in [3.63, 3.8) is 0 Å². The zero-order valence-corrected chi connectivity index (χ0v) is 32.1. The minimum absolute atomic E-state index is 0.00416. The molecule has 15 heteroatoms. The third-order valence-corrected chi connectivity index (χ3v) is 10.6. The van der Waals surface area contributed by atoms with Gasteiger partial charge in [0.2, 0.25) is 11.8 Å². The van der Waals surface area contributed by atoms with Crippen LogP contribution in [0.1, 0.15) is 51.2 Å². The van der Waals surface area contributed by atoms with E-state index in [0.717, 1.165) is 16.3 Å². The molecule has 52 heavy (non-hydrogen) atoms. The summed E-state index contributed by atoms with van der Waals surface area (Å²) in [6.07, 6.45) is 1.90. The molecule has 0 saturated carbocycles. The lowest BCUT2D eigenvalue weighted by molar-refractivity contribution is -0.147. The van der Waals surface area contributed by atoms with Crippen LogP contribution >= 0.6 is 19.5 Å². The quantitative estimate of drug-likeness (QED) is 0.0801. The summed E-state index contributed by atoms with van der Waals surface area (Å²) in [5.74, 6) is 1.37. The minimum atomic E-state index is -4.22. The predicted molar refractivity (Wildman–Crippen MR) is 204 cm³/mol. The van der Waals surface area contributed by atoms with Gasteiger partial charge >= 0.3 is 13.7 Å². The number of aryl methyl sites for hydroxylation is 1. The maximum atomic E-state index is 14.8. The Labute approximate surface area is 308 Å². The summed E-state index contributed by atoms with van der Waals surface area (Å²) in [5, 5.41) is 4.60. The molecule has 6 rings (SSSR count). The molecule has 3 heterocycles. The molecule has 5 aromatic rings. The molecule has 1 fully saturated rings. The average molecular weight is 751 g/mol. The molecule has 1 saturated heterocycles. The number of esters is 1. The fraction of sp³-hybridized carbons (Fsp3) is 0.405. The number of methoxy groups -OCH3 is 1. The average Bonchev–Trinajstić information content (AvgIpc) is 3.69. The van der Waals surface area contributed by atoms with Crippen LogP contribution in [0.3, 0.4) is 0 Å². The van der Waals surface area contributed by atoms with Crippen LogP contribution in [0.5, 0.6) is 11.6 Å². The van der Waals surface area contributed by atoms with Gasteiger partial charge in [-0.15, -0.1) is 0 Å². The van der Waals surface area contributed by atoms with Crippen molar-refractivity contribution in [3.8, 4) is 11.6 Å². The number of nitrogens with two attached hydrogens (primary N) is 1. The van der Waals surface area contributed by atoms with Crippen molar-refractivity contribution in [2.75, 3.05) is 31.5 Å². The number of benzene rings is 3. The highest BCUT2D eigenvalue weighted by Gasteiger charge is 2.40. The van der Waals surface area contributed by atoms with Crippen molar-refractivity contribution in [1.29, 1.82) is 0 Å². The topological polar surface area (TPSA) is 162 Å². The number of nitrogen functional groups attached to an aromatic ring is 1. The second kappa shape index (κ2) is 18.0. The van der Waals surface area contributed by atoms with Crippen molar-refractivity contribution < 1.29 is 32.6 Å². The molecule has 278 valence electrons. The third kappa shape index (κ3) is 9.23. The summed E-state index contributed by atoms with van der Waals surface area (Å²) in [7, 11) is -2.72. The highest BCUT2D eigenvalue weighted by Crippen LogP contribution is 2.48. The van der Waals surface area contributed by atoms with Gasteiger partial charge in [-0.25, -0.2) is 9.55 Å². The van der Waals surface area contributed by atoms with Gasteiger partial charge in [-0.05, 0) is 48.8 Å². The first-order chi connectivity index (χ1) is 25.2. The molecular formula is C37H47N6O7PS. The molecule has 3 aromatic carbocycles. The standard InChI is InChI=1S/C35H41N6O7PS.C2H6/c1-22-19-26(47-33(22)41-23(2)37-30-31(41)38-35(36)39-32(30)44-3)21-46-49(43,48-29-16-10-14-25-13-8-9-15-27(25)29)40-28(17-18-50-4)34(42)45-20-24-11-6-5-7-12-24;1-2/h5-16,22,26,28,33H,17-21H2,1-4H3,(H,40,43)(H2,36,38,39);1-2H3. The fourth-order valence-corrected chi connectivity index (χ4v) is 8.08. The summed E-state index contributed by atoms with van der Waals surface area (Å²) in [6, 6.07) is 21.5. The van der Waals surface area contributed by atoms with Gasteiger partial charge in [0, 0.05) is 11.3 Å². The van der Waals surface area contributed by atoms with Gasteiger partial charge in [0.25, 0.3) is 0 Å². The summed E-state index contributed by atoms with van der Waals surface area (Å²) >= 11 is 1.56. The van der Waals surface area contributed by atoms with Gasteiger partial charge in [0.1, 0.15) is 30.5 Å². The van der Waals surface area contributed by atoms with Gasteiger partial charge in [0.15, 0.2) is 11.2 Å². The summed E-state index contributed by atoms with van der Waals surface area (Å²) < 4.78 is 46.6. The van der Waals surface area contributed by atoms with Crippen LogP contribution in [0.4, 0.5) is 5.95 Å². The number of ether oxygens (including phenoxy) is 3. The molecule has 1 aliphatic heterocycles. The molecule has 0 spiro atoms. The van der Waals surface area contributed by atoms with Gasteiger partial charge < -0.3 is 24.5 Å². The number of hydrogen-bond donors (Lipinski definition) is 2. The van der Waals surface area contributed by atoms with Crippen molar-refractivity contribution >= 4 is 53.4 Å². The SMILES string of the molecule is CC.COc1nc(N)nc2c1nc(C)n2C1OC(COP(=O)(NC(CCSC)C(=O)OCc2ccccc2)Oc2cccc3ccccc23)CC1C. The lowest BCUT2D eigenvalue weighted by Crippen LogP contribution is -2.38. The number of carbonyl (C=O) groups excluding carboxylic acids is 1. The largest absolute Gasteiger partial charge is 0.479 e. The van der Waals surface area contributed by atoms with Crippen LogP contribution in [0.15, 0.2) is 72.8 Å². The number of carbonyl (C=O) groups is 1. The van der Waals surface area contributed by atoms with E-state index >= 15 is 0 Å². The Kier molecular flexibility index (Phi) is 13.5. The predicted octanol–water partition coefficient (Wildman–Crippen LogP) is 7.49. The van der Waals surface area contributed by atoms with Gasteiger partial charge in [-0.2, -0.15) is 26.8 Å². The van der Waals surface area contributed by atoms with Gasteiger partial charge in [-0.1, -0.05) is 87.5 Å². The van der Waals surface area contributed by atoms with Crippen LogP contribution in [0.2, 0.25) is 0 Å². The van der Waals surface area contributed by atoms with Crippen molar-refractivity contribution in [3.05, 3.63) is 84.2 Å². The number of fused-ring (bicyclic) bond motifs is 2. The Balaban J connectivity index is 0.00000257. The van der Waals surface area contributed by atoms with Crippen molar-refractivity contribution in [2.45, 2.75) is 65.5 Å². The van der Waals surface area contributed by atoms with E-state index in [2.05, 4.69) is 20.0 Å². The number of nitrogens with zero attached hydrogens (tertiary/aromatic N) is 4. The molecule has 0 bridgehead atoms. The Morgan fingerprint density at radius 3 is 2.56 bits per heavy atom. The molecule has 0 aliphatic carbocycles. The maximum absolute atomic E-state index is 14.8. The molecule has 5 unspecified atom stereocenters. The molecule has 5 atom stereocenters. The fourth-order valence-electron chi connectivity index (χ4n) is 6.03. The summed E-state index contributed by atoms with van der Waals surface area (Å²) in [5.41, 5.74) is 7.78. The first kappa shape index (κ1) is 39.0. The van der Waals surface area contributed by atoms with E-state index in [1.165, 1.54) is 7.11 Å². The lowest BCUT2D eigenvalue weighted by Gasteiger charge is -2.26. The minimum Gasteiger partial charge on any atom is -0.479 e. The Hall–Kier alpha value is -4.20. The number of rotatable bonds is 15. The second-order valence-electron chi connectivity index (χ2n) is 12.1. The van der Waals surface area contributed by atoms with Crippen LogP contribution in [-0.4, -0.2) is 63.4 Å². The molecule has 0 radical (unpaired) electrons. The second-order valence-corrected chi connectivity index (χ2v) is 14.8. The molecular weight excluding hydrogens is 703 g/mol. The van der Waals surface area contributed by atoms with Crippen LogP contribution in [-0.2, 0) is 30.0 Å². The first-order valence-corrected chi connectivity index (χ1v) is 20.2. The van der Waals surface area contributed by atoms with E-state index in [9.17, 15) is 9.36 Å². The maximum Gasteiger partial charge on any atom is 0.459 e. The van der Waals surface area contributed by atoms with E-state index in [4.69, 9.17) is 29.0 Å². The van der Waals surface area contributed by atoms with Gasteiger partial charge in [-0.3, -0.25) is 13.9 Å². The number of aromatic nitrogens is 4. The Bertz CT molecular complexity index is 1990. The van der Waals surface area contributed by atoms with Crippen molar-refractivity contribution in [1.82, 2.24) is 24.6 Å². The number of hydrogen-bond acceptors (Lipinski definition) is 12. The normalized spacial score (nSPS) is 18.7. The number of thioether (sulfide) groups is 1. The zero-order chi connectivity index (χ0) is 37.3. The van der Waals surface area contributed by atoms with E-state index in [1.54, 1.807) is 17.8 Å². The molecule has 3 N–H and O–H groups in total. The summed E-state index contributed by atoms with van der Waals surface area (Å²) in [6.45, 7) is 7.88. The van der Waals surface area contributed by atoms with Crippen LogP contribution in [0.25, 0.3) is 21.9 Å². The zero-order valence-electron chi connectivity index (χ0n) is 30.4. The Morgan fingerprint density at radius 2 is 1.81 bits per heavy atom. The number of imidazole rings is 1. The third-order valence-electron chi connectivity index (χ3n) is 8.43.